The highest BCUT2D eigenvalue weighted by Crippen LogP contribution is 2.39. The Labute approximate surface area is 126 Å². The number of amides is 1. The van der Waals surface area contributed by atoms with E-state index in [0.29, 0.717) is 12.1 Å². The fourth-order valence-electron chi connectivity index (χ4n) is 2.64. The molecule has 102 valence electrons. The lowest BCUT2D eigenvalue weighted by Crippen LogP contribution is -2.14. The van der Waals surface area contributed by atoms with Crippen molar-refractivity contribution in [1.29, 1.82) is 0 Å². The quantitative estimate of drug-likeness (QED) is 0.826. The van der Waals surface area contributed by atoms with Crippen molar-refractivity contribution in [1.82, 2.24) is 0 Å². The number of carbonyl (C=O) groups is 1. The van der Waals surface area contributed by atoms with Gasteiger partial charge in [-0.2, -0.15) is 0 Å². The van der Waals surface area contributed by atoms with Crippen molar-refractivity contribution in [3.05, 3.63) is 57.6 Å². The molecule has 0 saturated carbocycles. The van der Waals surface area contributed by atoms with E-state index in [1.807, 2.05) is 18.2 Å². The summed E-state index contributed by atoms with van der Waals surface area (Å²) in [7, 11) is 0. The molecule has 0 saturated heterocycles. The van der Waals surface area contributed by atoms with Crippen molar-refractivity contribution in [2.75, 3.05) is 11.1 Å². The first-order chi connectivity index (χ1) is 9.54. The molecular formula is C16H15BrN2O. The van der Waals surface area contributed by atoms with Gasteiger partial charge in [-0.25, -0.2) is 0 Å². The molecule has 3 N–H and O–H groups in total. The second-order valence-corrected chi connectivity index (χ2v) is 6.05. The fraction of sp³-hybridized carbons (Fsp3) is 0.188. The fourth-order valence-corrected chi connectivity index (χ4v) is 3.00. The predicted molar refractivity (Wildman–Crippen MR) is 84.8 cm³/mol. The normalized spacial score (nSPS) is 16.9. The minimum atomic E-state index is -0.149. The summed E-state index contributed by atoms with van der Waals surface area (Å²) in [6.07, 6.45) is 0.705. The highest BCUT2D eigenvalue weighted by atomic mass is 79.9. The van der Waals surface area contributed by atoms with E-state index in [2.05, 4.69) is 46.4 Å². The number of fused-ring (bicyclic) bond motifs is 1. The minimum absolute atomic E-state index is 0.0407. The molecule has 3 rings (SSSR count). The third kappa shape index (κ3) is 2.31. The van der Waals surface area contributed by atoms with E-state index in [1.54, 1.807) is 0 Å². The lowest BCUT2D eigenvalue weighted by atomic mass is 9.92. The van der Waals surface area contributed by atoms with Crippen LogP contribution < -0.4 is 11.1 Å². The lowest BCUT2D eigenvalue weighted by molar-refractivity contribution is -0.117. The average Bonchev–Trinajstić information content (AvgIpc) is 2.67. The number of anilines is 2. The van der Waals surface area contributed by atoms with Gasteiger partial charge in [-0.3, -0.25) is 4.79 Å². The Morgan fingerprint density at radius 3 is 2.85 bits per heavy atom. The second-order valence-electron chi connectivity index (χ2n) is 5.20. The summed E-state index contributed by atoms with van der Waals surface area (Å²) >= 11 is 3.43. The predicted octanol–water partition coefficient (Wildman–Crippen LogP) is 3.62. The summed E-state index contributed by atoms with van der Waals surface area (Å²) in [5.41, 5.74) is 10.7. The van der Waals surface area contributed by atoms with Crippen molar-refractivity contribution in [2.45, 2.75) is 19.3 Å². The van der Waals surface area contributed by atoms with Crippen molar-refractivity contribution < 1.29 is 4.79 Å². The molecule has 4 heteroatoms. The first-order valence-corrected chi connectivity index (χ1v) is 7.29. The molecule has 20 heavy (non-hydrogen) atoms. The minimum Gasteiger partial charge on any atom is -0.398 e. The van der Waals surface area contributed by atoms with Gasteiger partial charge in [-0.15, -0.1) is 0 Å². The topological polar surface area (TPSA) is 55.1 Å². The number of hydrogen-bond donors (Lipinski definition) is 2. The molecule has 1 amide bonds. The van der Waals surface area contributed by atoms with Crippen LogP contribution in [0, 0.1) is 6.92 Å². The molecule has 1 aliphatic rings. The van der Waals surface area contributed by atoms with Crippen molar-refractivity contribution in [3.63, 3.8) is 0 Å². The molecular weight excluding hydrogens is 316 g/mol. The molecule has 0 radical (unpaired) electrons. The van der Waals surface area contributed by atoms with Crippen LogP contribution in [0.5, 0.6) is 0 Å². The zero-order chi connectivity index (χ0) is 14.3. The molecule has 2 aromatic carbocycles. The van der Waals surface area contributed by atoms with Crippen LogP contribution in [0.2, 0.25) is 0 Å². The average molecular weight is 331 g/mol. The first-order valence-electron chi connectivity index (χ1n) is 6.50. The Kier molecular flexibility index (Phi) is 3.26. The van der Waals surface area contributed by atoms with E-state index < -0.39 is 0 Å². The van der Waals surface area contributed by atoms with Gasteiger partial charge < -0.3 is 11.1 Å². The molecule has 1 unspecified atom stereocenters. The van der Waals surface area contributed by atoms with Crippen molar-refractivity contribution >= 4 is 33.2 Å². The van der Waals surface area contributed by atoms with Crippen LogP contribution in [-0.2, 0) is 11.2 Å². The molecule has 0 aliphatic carbocycles. The highest BCUT2D eigenvalue weighted by molar-refractivity contribution is 9.10. The Bertz CT molecular complexity index is 697. The Morgan fingerprint density at radius 2 is 2.10 bits per heavy atom. The van der Waals surface area contributed by atoms with Gasteiger partial charge in [0.1, 0.15) is 0 Å². The largest absolute Gasteiger partial charge is 0.398 e. The summed E-state index contributed by atoms with van der Waals surface area (Å²) in [5.74, 6) is -0.109. The number of hydrogen-bond acceptors (Lipinski definition) is 2. The number of halogens is 1. The Morgan fingerprint density at radius 1 is 1.30 bits per heavy atom. The van der Waals surface area contributed by atoms with Gasteiger partial charge in [-0.05, 0) is 52.5 Å². The van der Waals surface area contributed by atoms with Gasteiger partial charge in [0.05, 0.1) is 5.92 Å². The van der Waals surface area contributed by atoms with Gasteiger partial charge in [0, 0.05) is 15.8 Å². The summed E-state index contributed by atoms with van der Waals surface area (Å²) in [5, 5.41) is 2.91. The van der Waals surface area contributed by atoms with Crippen LogP contribution in [0.1, 0.15) is 22.6 Å². The number of carbonyl (C=O) groups excluding carboxylic acids is 1. The van der Waals surface area contributed by atoms with Crippen molar-refractivity contribution in [3.8, 4) is 0 Å². The lowest BCUT2D eigenvalue weighted by Gasteiger charge is -2.10. The van der Waals surface area contributed by atoms with E-state index in [1.165, 1.54) is 11.1 Å². The first kappa shape index (κ1) is 13.2. The number of rotatable bonds is 2. The van der Waals surface area contributed by atoms with E-state index in [9.17, 15) is 4.79 Å². The Balaban J connectivity index is 1.96. The van der Waals surface area contributed by atoms with Crippen LogP contribution in [0.25, 0.3) is 0 Å². The van der Waals surface area contributed by atoms with Crippen LogP contribution in [-0.4, -0.2) is 5.91 Å². The summed E-state index contributed by atoms with van der Waals surface area (Å²) < 4.78 is 0.835. The van der Waals surface area contributed by atoms with E-state index in [4.69, 9.17) is 5.73 Å². The maximum atomic E-state index is 12.2. The van der Waals surface area contributed by atoms with Crippen LogP contribution in [0.3, 0.4) is 0 Å². The smallest absolute Gasteiger partial charge is 0.232 e. The number of nitrogen functional groups attached to an aromatic ring is 1. The molecule has 2 aromatic rings. The number of nitrogens with one attached hydrogen (secondary N) is 1. The van der Waals surface area contributed by atoms with Gasteiger partial charge in [0.2, 0.25) is 5.91 Å². The van der Waals surface area contributed by atoms with Gasteiger partial charge in [-0.1, -0.05) is 29.8 Å². The SMILES string of the molecule is Cc1cccc(CC2C(=O)Nc3cc(N)c(Br)cc32)c1. The molecule has 0 aromatic heterocycles. The summed E-state index contributed by atoms with van der Waals surface area (Å²) in [6, 6.07) is 12.0. The molecule has 1 aliphatic heterocycles. The number of benzene rings is 2. The molecule has 1 atom stereocenters. The monoisotopic (exact) mass is 330 g/mol. The van der Waals surface area contributed by atoms with E-state index in [0.717, 1.165) is 15.7 Å². The zero-order valence-corrected chi connectivity index (χ0v) is 12.7. The molecule has 3 nitrogen and oxygen atoms in total. The van der Waals surface area contributed by atoms with E-state index in [-0.39, 0.29) is 11.8 Å². The van der Waals surface area contributed by atoms with Crippen LogP contribution in [0.15, 0.2) is 40.9 Å². The Hall–Kier alpha value is -1.81. The third-order valence-electron chi connectivity index (χ3n) is 3.64. The molecule has 0 fully saturated rings. The third-order valence-corrected chi connectivity index (χ3v) is 4.33. The van der Waals surface area contributed by atoms with Gasteiger partial charge >= 0.3 is 0 Å². The molecule has 0 spiro atoms. The maximum Gasteiger partial charge on any atom is 0.232 e. The highest BCUT2D eigenvalue weighted by Gasteiger charge is 2.31. The number of nitrogens with two attached hydrogens (primary N) is 1. The van der Waals surface area contributed by atoms with E-state index >= 15 is 0 Å². The standard InChI is InChI=1S/C16H15BrN2O/c1-9-3-2-4-10(5-9)6-12-11-7-13(17)14(18)8-15(11)19-16(12)20/h2-5,7-8,12H,6,18H2,1H3,(H,19,20). The number of aryl methyl sites for hydroxylation is 1. The maximum absolute atomic E-state index is 12.2. The summed E-state index contributed by atoms with van der Waals surface area (Å²) in [6.45, 7) is 2.06. The zero-order valence-electron chi connectivity index (χ0n) is 11.1. The summed E-state index contributed by atoms with van der Waals surface area (Å²) in [4.78, 5) is 12.2. The molecule has 0 bridgehead atoms. The van der Waals surface area contributed by atoms with Gasteiger partial charge in [0.15, 0.2) is 0 Å². The second kappa shape index (κ2) is 4.94. The molecule has 1 heterocycles. The van der Waals surface area contributed by atoms with Crippen LogP contribution >= 0.6 is 15.9 Å². The van der Waals surface area contributed by atoms with Gasteiger partial charge in [0.25, 0.3) is 0 Å². The van der Waals surface area contributed by atoms with Crippen molar-refractivity contribution in [2.24, 2.45) is 0 Å². The van der Waals surface area contributed by atoms with Crippen LogP contribution in [0.4, 0.5) is 11.4 Å².